The lowest BCUT2D eigenvalue weighted by Gasteiger charge is -2.20. The van der Waals surface area contributed by atoms with Gasteiger partial charge >= 0.3 is 0 Å². The lowest BCUT2D eigenvalue weighted by Crippen LogP contribution is -2.23. The van der Waals surface area contributed by atoms with Crippen LogP contribution in [0.4, 0.5) is 11.6 Å². The van der Waals surface area contributed by atoms with Crippen molar-refractivity contribution in [3.63, 3.8) is 0 Å². The first-order valence-corrected chi connectivity index (χ1v) is 5.53. The van der Waals surface area contributed by atoms with Gasteiger partial charge in [0.2, 0.25) is 0 Å². The monoisotopic (exact) mass is 229 g/mol. The Morgan fingerprint density at radius 2 is 2.06 bits per heavy atom. The van der Waals surface area contributed by atoms with Gasteiger partial charge in [0.15, 0.2) is 5.82 Å². The van der Waals surface area contributed by atoms with E-state index < -0.39 is 0 Å². The minimum absolute atomic E-state index is 0.433. The zero-order chi connectivity index (χ0) is 12.1. The van der Waals surface area contributed by atoms with Crippen molar-refractivity contribution >= 4 is 11.6 Å². The molecule has 0 saturated heterocycles. The molecule has 2 heterocycles. The molecule has 0 atom stereocenters. The summed E-state index contributed by atoms with van der Waals surface area (Å²) in [5.74, 6) is 1.25. The Hall–Kier alpha value is -2.17. The molecule has 0 radical (unpaired) electrons. The highest BCUT2D eigenvalue weighted by atomic mass is 15.3. The second kappa shape index (κ2) is 5.25. The first-order chi connectivity index (χ1) is 8.29. The molecule has 2 aromatic heterocycles. The number of hydrogen-bond acceptors (Lipinski definition) is 5. The molecule has 17 heavy (non-hydrogen) atoms. The van der Waals surface area contributed by atoms with Crippen molar-refractivity contribution in [2.75, 3.05) is 17.2 Å². The van der Waals surface area contributed by atoms with Gasteiger partial charge in [-0.2, -0.15) is 0 Å². The summed E-state index contributed by atoms with van der Waals surface area (Å²) in [5.41, 5.74) is 6.52. The first kappa shape index (κ1) is 11.3. The third-order valence-electron chi connectivity index (χ3n) is 2.46. The molecular weight excluding hydrogens is 214 g/mol. The van der Waals surface area contributed by atoms with E-state index in [9.17, 15) is 0 Å². The van der Waals surface area contributed by atoms with E-state index in [-0.39, 0.29) is 0 Å². The Kier molecular flexibility index (Phi) is 3.49. The highest BCUT2D eigenvalue weighted by Gasteiger charge is 2.07. The van der Waals surface area contributed by atoms with Gasteiger partial charge in [-0.3, -0.25) is 4.98 Å². The van der Waals surface area contributed by atoms with Crippen molar-refractivity contribution < 1.29 is 0 Å². The number of hydrogen-bond donors (Lipinski definition) is 1. The van der Waals surface area contributed by atoms with Gasteiger partial charge in [0.25, 0.3) is 0 Å². The fourth-order valence-electron chi connectivity index (χ4n) is 1.55. The molecule has 0 bridgehead atoms. The van der Waals surface area contributed by atoms with E-state index in [1.807, 2.05) is 24.3 Å². The van der Waals surface area contributed by atoms with Gasteiger partial charge in [0, 0.05) is 12.7 Å². The van der Waals surface area contributed by atoms with Crippen LogP contribution >= 0.6 is 0 Å². The third kappa shape index (κ3) is 2.90. The van der Waals surface area contributed by atoms with Crippen LogP contribution in [0.1, 0.15) is 12.6 Å². The van der Waals surface area contributed by atoms with Gasteiger partial charge in [0.05, 0.1) is 12.2 Å². The van der Waals surface area contributed by atoms with Crippen LogP contribution in [0.2, 0.25) is 0 Å². The van der Waals surface area contributed by atoms with Crippen LogP contribution in [-0.4, -0.2) is 21.7 Å². The molecule has 2 N–H and O–H groups in total. The molecule has 5 heteroatoms. The Morgan fingerprint density at radius 3 is 2.65 bits per heavy atom. The van der Waals surface area contributed by atoms with Crippen LogP contribution in [0, 0.1) is 0 Å². The molecule has 2 aromatic rings. The Bertz CT molecular complexity index is 454. The zero-order valence-electron chi connectivity index (χ0n) is 9.74. The molecular formula is C12H15N5. The average molecular weight is 229 g/mol. The van der Waals surface area contributed by atoms with Crippen LogP contribution < -0.4 is 10.6 Å². The van der Waals surface area contributed by atoms with Gasteiger partial charge in [0.1, 0.15) is 5.82 Å². The molecule has 0 aliphatic carbocycles. The summed E-state index contributed by atoms with van der Waals surface area (Å²) in [4.78, 5) is 6.39. The highest BCUT2D eigenvalue weighted by molar-refractivity contribution is 5.41. The molecule has 88 valence electrons. The van der Waals surface area contributed by atoms with E-state index in [0.717, 1.165) is 24.6 Å². The van der Waals surface area contributed by atoms with E-state index in [0.29, 0.717) is 5.82 Å². The summed E-state index contributed by atoms with van der Waals surface area (Å²) >= 11 is 0. The standard InChI is InChI=1S/C12H15N5/c1-2-17(9-10-5-3-4-8-14-10)12-7-6-11(13)15-16-12/h3-8H,2,9H2,1H3,(H2,13,15). The minimum Gasteiger partial charge on any atom is -0.382 e. The number of pyridine rings is 1. The number of anilines is 2. The van der Waals surface area contributed by atoms with Crippen LogP contribution in [0.15, 0.2) is 36.5 Å². The van der Waals surface area contributed by atoms with Gasteiger partial charge in [-0.1, -0.05) is 6.07 Å². The molecule has 0 aliphatic rings. The number of nitrogen functional groups attached to an aromatic ring is 1. The fourth-order valence-corrected chi connectivity index (χ4v) is 1.55. The third-order valence-corrected chi connectivity index (χ3v) is 2.46. The molecule has 2 rings (SSSR count). The first-order valence-electron chi connectivity index (χ1n) is 5.53. The van der Waals surface area contributed by atoms with Crippen molar-refractivity contribution in [3.8, 4) is 0 Å². The van der Waals surface area contributed by atoms with E-state index in [1.165, 1.54) is 0 Å². The topological polar surface area (TPSA) is 67.9 Å². The summed E-state index contributed by atoms with van der Waals surface area (Å²) in [6.07, 6.45) is 1.79. The van der Waals surface area contributed by atoms with Gasteiger partial charge in [-0.05, 0) is 31.2 Å². The van der Waals surface area contributed by atoms with Crippen LogP contribution in [0.25, 0.3) is 0 Å². The van der Waals surface area contributed by atoms with E-state index in [4.69, 9.17) is 5.73 Å². The minimum atomic E-state index is 0.433. The van der Waals surface area contributed by atoms with Crippen LogP contribution in [0.5, 0.6) is 0 Å². The summed E-state index contributed by atoms with van der Waals surface area (Å²) in [6.45, 7) is 3.63. The second-order valence-corrected chi connectivity index (χ2v) is 3.65. The Balaban J connectivity index is 2.14. The maximum Gasteiger partial charge on any atom is 0.151 e. The molecule has 0 unspecified atom stereocenters. The predicted molar refractivity (Wildman–Crippen MR) is 67.4 cm³/mol. The molecule has 0 spiro atoms. The molecule has 5 nitrogen and oxygen atoms in total. The average Bonchev–Trinajstić information content (AvgIpc) is 2.38. The van der Waals surface area contributed by atoms with Crippen molar-refractivity contribution in [1.82, 2.24) is 15.2 Å². The normalized spacial score (nSPS) is 10.2. The summed E-state index contributed by atoms with van der Waals surface area (Å²) in [6, 6.07) is 9.50. The van der Waals surface area contributed by atoms with Gasteiger partial charge in [-0.15, -0.1) is 10.2 Å². The number of nitrogens with zero attached hydrogens (tertiary/aromatic N) is 4. The maximum atomic E-state index is 5.52. The van der Waals surface area contributed by atoms with Crippen LogP contribution in [0.3, 0.4) is 0 Å². The Morgan fingerprint density at radius 1 is 1.18 bits per heavy atom. The lowest BCUT2D eigenvalue weighted by atomic mass is 10.3. The van der Waals surface area contributed by atoms with E-state index in [1.54, 1.807) is 12.3 Å². The molecule has 0 amide bonds. The highest BCUT2D eigenvalue weighted by Crippen LogP contribution is 2.12. The smallest absolute Gasteiger partial charge is 0.151 e. The largest absolute Gasteiger partial charge is 0.382 e. The lowest BCUT2D eigenvalue weighted by molar-refractivity contribution is 0.780. The molecule has 0 aliphatic heterocycles. The van der Waals surface area contributed by atoms with Gasteiger partial charge < -0.3 is 10.6 Å². The summed E-state index contributed by atoms with van der Waals surface area (Å²) in [7, 11) is 0. The van der Waals surface area contributed by atoms with E-state index in [2.05, 4.69) is 27.0 Å². The van der Waals surface area contributed by atoms with E-state index >= 15 is 0 Å². The molecule has 0 fully saturated rings. The van der Waals surface area contributed by atoms with Crippen molar-refractivity contribution in [2.24, 2.45) is 0 Å². The number of aromatic nitrogens is 3. The second-order valence-electron chi connectivity index (χ2n) is 3.65. The quantitative estimate of drug-likeness (QED) is 0.860. The summed E-state index contributed by atoms with van der Waals surface area (Å²) in [5, 5.41) is 7.92. The fraction of sp³-hybridized carbons (Fsp3) is 0.250. The Labute approximate surface area is 100 Å². The van der Waals surface area contributed by atoms with Crippen molar-refractivity contribution in [1.29, 1.82) is 0 Å². The van der Waals surface area contributed by atoms with Crippen molar-refractivity contribution in [2.45, 2.75) is 13.5 Å². The van der Waals surface area contributed by atoms with Crippen LogP contribution in [-0.2, 0) is 6.54 Å². The maximum absolute atomic E-state index is 5.52. The van der Waals surface area contributed by atoms with Crippen molar-refractivity contribution in [3.05, 3.63) is 42.2 Å². The molecule has 0 saturated carbocycles. The number of nitrogens with two attached hydrogens (primary N) is 1. The SMILES string of the molecule is CCN(Cc1ccccn1)c1ccc(N)nn1. The summed E-state index contributed by atoms with van der Waals surface area (Å²) < 4.78 is 0. The molecule has 0 aromatic carbocycles. The number of rotatable bonds is 4. The predicted octanol–water partition coefficient (Wildman–Crippen LogP) is 1.48. The van der Waals surface area contributed by atoms with Gasteiger partial charge in [-0.25, -0.2) is 0 Å². The zero-order valence-corrected chi connectivity index (χ0v) is 9.74.